The summed E-state index contributed by atoms with van der Waals surface area (Å²) in [6.07, 6.45) is 2.91. The van der Waals surface area contributed by atoms with E-state index in [2.05, 4.69) is 10.3 Å². The van der Waals surface area contributed by atoms with Gasteiger partial charge in [-0.25, -0.2) is 9.37 Å². The van der Waals surface area contributed by atoms with Gasteiger partial charge >= 0.3 is 12.1 Å². The van der Waals surface area contributed by atoms with Crippen LogP contribution in [0.1, 0.15) is 84.1 Å². The summed E-state index contributed by atoms with van der Waals surface area (Å²) in [6, 6.07) is 4.94. The Bertz CT molecular complexity index is 1890. The number of hydrogen-bond acceptors (Lipinski definition) is 4. The molecule has 0 bridgehead atoms. The lowest BCUT2D eigenvalue weighted by molar-refractivity contribution is -0.139. The Morgan fingerprint density at radius 3 is 2.39 bits per heavy atom. The minimum absolute atomic E-state index is 0.0801. The lowest BCUT2D eigenvalue weighted by atomic mass is 9.87. The van der Waals surface area contributed by atoms with Crippen LogP contribution in [-0.2, 0) is 41.6 Å². The number of fused-ring (bicyclic) bond motifs is 1. The maximum Gasteiger partial charge on any atom is 0.416 e. The van der Waals surface area contributed by atoms with Gasteiger partial charge < -0.3 is 19.6 Å². The van der Waals surface area contributed by atoms with Gasteiger partial charge in [-0.2, -0.15) is 13.2 Å². The molecule has 4 aromatic rings. The summed E-state index contributed by atoms with van der Waals surface area (Å²) in [5.74, 6) is -2.36. The molecule has 260 valence electrons. The summed E-state index contributed by atoms with van der Waals surface area (Å²) in [5, 5.41) is 12.8. The van der Waals surface area contributed by atoms with Crippen LogP contribution in [0.2, 0.25) is 0 Å². The monoisotopic (exact) mass is 680 g/mol. The number of aryl methyl sites for hydroxylation is 5. The van der Waals surface area contributed by atoms with Crippen LogP contribution in [0.3, 0.4) is 0 Å². The number of benzene rings is 2. The summed E-state index contributed by atoms with van der Waals surface area (Å²) < 4.78 is 59.1. The largest absolute Gasteiger partial charge is 0.481 e. The van der Waals surface area contributed by atoms with Crippen molar-refractivity contribution in [2.24, 2.45) is 5.92 Å². The number of aliphatic carboxylic acids is 1. The number of halogens is 4. The zero-order valence-corrected chi connectivity index (χ0v) is 27.9. The Labute approximate surface area is 281 Å². The minimum atomic E-state index is -4.79. The maximum atomic E-state index is 14.2. The second kappa shape index (κ2) is 14.4. The van der Waals surface area contributed by atoms with Gasteiger partial charge in [-0.1, -0.05) is 19.9 Å². The molecule has 12 heteroatoms. The molecule has 0 unspecified atom stereocenters. The van der Waals surface area contributed by atoms with Crippen molar-refractivity contribution < 1.29 is 32.3 Å². The molecule has 1 aliphatic rings. The molecule has 5 rings (SSSR count). The number of aromatic nitrogens is 3. The van der Waals surface area contributed by atoms with Gasteiger partial charge in [-0.3, -0.25) is 14.4 Å². The number of amides is 1. The van der Waals surface area contributed by atoms with E-state index < -0.39 is 47.7 Å². The van der Waals surface area contributed by atoms with Crippen LogP contribution >= 0.6 is 0 Å². The Hall–Kier alpha value is -4.74. The molecule has 0 radical (unpaired) electrons. The number of imidazole rings is 1. The average molecular weight is 681 g/mol. The number of nitrogens with one attached hydrogen (secondary N) is 1. The first-order chi connectivity index (χ1) is 23.1. The van der Waals surface area contributed by atoms with Crippen LogP contribution in [0.4, 0.5) is 17.6 Å². The van der Waals surface area contributed by atoms with E-state index in [0.29, 0.717) is 11.6 Å². The van der Waals surface area contributed by atoms with E-state index in [9.17, 15) is 37.1 Å². The second-order valence-corrected chi connectivity index (χ2v) is 13.3. The van der Waals surface area contributed by atoms with E-state index in [-0.39, 0.29) is 36.7 Å². The highest BCUT2D eigenvalue weighted by Gasteiger charge is 2.36. The Balaban J connectivity index is 1.56. The number of carbonyl (C=O) groups excluding carboxylic acids is 1. The minimum Gasteiger partial charge on any atom is -0.481 e. The number of pyridine rings is 1. The van der Waals surface area contributed by atoms with Crippen molar-refractivity contribution in [1.82, 2.24) is 19.4 Å². The van der Waals surface area contributed by atoms with Crippen molar-refractivity contribution in [2.75, 3.05) is 0 Å². The van der Waals surface area contributed by atoms with Crippen molar-refractivity contribution in [1.29, 1.82) is 0 Å². The molecule has 2 atom stereocenters. The smallest absolute Gasteiger partial charge is 0.416 e. The van der Waals surface area contributed by atoms with Crippen molar-refractivity contribution in [3.63, 3.8) is 0 Å². The molecule has 0 aliphatic heterocycles. The molecule has 1 aliphatic carbocycles. The highest BCUT2D eigenvalue weighted by Crippen LogP contribution is 2.39. The third kappa shape index (κ3) is 8.12. The lowest BCUT2D eigenvalue weighted by Crippen LogP contribution is -2.40. The zero-order valence-electron chi connectivity index (χ0n) is 27.9. The van der Waals surface area contributed by atoms with E-state index in [0.717, 1.165) is 63.4 Å². The highest BCUT2D eigenvalue weighted by molar-refractivity contribution is 5.82. The highest BCUT2D eigenvalue weighted by atomic mass is 19.4. The first-order valence-electron chi connectivity index (χ1n) is 16.3. The van der Waals surface area contributed by atoms with Gasteiger partial charge in [0.2, 0.25) is 5.91 Å². The normalized spacial score (nSPS) is 14.1. The first kappa shape index (κ1) is 35.6. The molecule has 0 saturated heterocycles. The van der Waals surface area contributed by atoms with Crippen LogP contribution in [0.15, 0.2) is 60.0 Å². The molecular weight excluding hydrogens is 640 g/mol. The average Bonchev–Trinajstić information content (AvgIpc) is 3.70. The molecule has 8 nitrogen and oxygen atoms in total. The van der Waals surface area contributed by atoms with Gasteiger partial charge in [0.25, 0.3) is 5.56 Å². The van der Waals surface area contributed by atoms with Gasteiger partial charge in [0.15, 0.2) is 0 Å². The second-order valence-electron chi connectivity index (χ2n) is 13.3. The number of alkyl halides is 3. The summed E-state index contributed by atoms with van der Waals surface area (Å²) in [5.41, 5.74) is 3.59. The predicted octanol–water partition coefficient (Wildman–Crippen LogP) is 7.14. The number of rotatable bonds is 12. The fraction of sp³-hybridized carbons (Fsp3) is 0.405. The third-order valence-electron chi connectivity index (χ3n) is 9.10. The number of carboxylic acids is 1. The Kier molecular flexibility index (Phi) is 10.4. The number of nitrogens with zero attached hydrogens (tertiary/aromatic N) is 3. The molecule has 0 saturated carbocycles. The van der Waals surface area contributed by atoms with Gasteiger partial charge in [-0.05, 0) is 115 Å². The number of hydrogen-bond donors (Lipinski definition) is 2. The Morgan fingerprint density at radius 2 is 1.78 bits per heavy atom. The fourth-order valence-corrected chi connectivity index (χ4v) is 6.95. The molecular formula is C37H40F4N4O4. The molecule has 2 heterocycles. The fourth-order valence-electron chi connectivity index (χ4n) is 6.95. The molecule has 2 N–H and O–H groups in total. The van der Waals surface area contributed by atoms with Gasteiger partial charge in [0, 0.05) is 31.2 Å². The van der Waals surface area contributed by atoms with E-state index in [4.69, 9.17) is 0 Å². The van der Waals surface area contributed by atoms with Crippen molar-refractivity contribution in [3.05, 3.63) is 110 Å². The van der Waals surface area contributed by atoms with Gasteiger partial charge in [0.1, 0.15) is 11.9 Å². The maximum absolute atomic E-state index is 14.2. The molecule has 49 heavy (non-hydrogen) atoms. The summed E-state index contributed by atoms with van der Waals surface area (Å²) >= 11 is 0. The van der Waals surface area contributed by atoms with E-state index in [1.165, 1.54) is 24.7 Å². The third-order valence-corrected chi connectivity index (χ3v) is 9.10. The number of carboxylic acid groups (broad SMARTS) is 1. The van der Waals surface area contributed by atoms with Crippen LogP contribution in [-0.4, -0.2) is 31.1 Å². The molecule has 0 spiro atoms. The van der Waals surface area contributed by atoms with Gasteiger partial charge in [0.05, 0.1) is 24.4 Å². The first-order valence-corrected chi connectivity index (χ1v) is 16.3. The van der Waals surface area contributed by atoms with Crippen LogP contribution in [0.25, 0.3) is 11.1 Å². The van der Waals surface area contributed by atoms with Crippen LogP contribution in [0, 0.1) is 25.6 Å². The number of carbonyl (C=O) groups is 2. The molecule has 2 aromatic heterocycles. The standard InChI is InChI=1S/C37H40F4N4O4/c1-21(2)12-32(45-19-25(8-10-44-11-9-42-20-44)30(17-33(45)46)37(39,40)41)36(49)43-31(18-34(47)48)26-15-24-6-5-7-28(24)29(16-26)35-22(3)13-27(38)14-23(35)4/h9,11,13-17,19-21,31-32H,5-8,10,12,18H2,1-4H3,(H,43,49)(H,47,48)/t31-,32-/m1/s1. The van der Waals surface area contributed by atoms with Crippen molar-refractivity contribution in [3.8, 4) is 11.1 Å². The Morgan fingerprint density at radius 1 is 1.06 bits per heavy atom. The van der Waals surface area contributed by atoms with Crippen LogP contribution in [0.5, 0.6) is 0 Å². The molecule has 0 fully saturated rings. The SMILES string of the molecule is Cc1cc(F)cc(C)c1-c1cc([C@@H](CC(=O)O)NC(=O)[C@@H](CC(C)C)n2cc(CCn3ccnc3)c(C(F)(F)F)cc2=O)cc2c1CCC2. The summed E-state index contributed by atoms with van der Waals surface area (Å²) in [4.78, 5) is 43.5. The lowest BCUT2D eigenvalue weighted by Gasteiger charge is -2.27. The van der Waals surface area contributed by atoms with Gasteiger partial charge in [-0.15, -0.1) is 0 Å². The molecule has 1 amide bonds. The topological polar surface area (TPSA) is 106 Å². The van der Waals surface area contributed by atoms with Crippen molar-refractivity contribution in [2.45, 2.75) is 91.0 Å². The van der Waals surface area contributed by atoms with E-state index >= 15 is 0 Å². The predicted molar refractivity (Wildman–Crippen MR) is 177 cm³/mol. The van der Waals surface area contributed by atoms with Crippen molar-refractivity contribution >= 4 is 11.9 Å². The summed E-state index contributed by atoms with van der Waals surface area (Å²) in [7, 11) is 0. The summed E-state index contributed by atoms with van der Waals surface area (Å²) in [6.45, 7) is 7.45. The molecule has 2 aromatic carbocycles. The quantitative estimate of drug-likeness (QED) is 0.155. The van der Waals surface area contributed by atoms with Crippen LogP contribution < -0.4 is 10.9 Å². The zero-order chi connectivity index (χ0) is 35.6. The van der Waals surface area contributed by atoms with E-state index in [1.807, 2.05) is 39.8 Å². The van der Waals surface area contributed by atoms with E-state index in [1.54, 1.807) is 10.8 Å².